The highest BCUT2D eigenvalue weighted by molar-refractivity contribution is 9.10. The molecule has 0 heterocycles. The Morgan fingerprint density at radius 3 is 2.70 bits per heavy atom. The van der Waals surface area contributed by atoms with E-state index < -0.39 is 0 Å². The summed E-state index contributed by atoms with van der Waals surface area (Å²) in [4.78, 5) is 0. The van der Waals surface area contributed by atoms with Crippen LogP contribution in [0, 0.1) is 0 Å². The molecule has 0 atom stereocenters. The van der Waals surface area contributed by atoms with Gasteiger partial charge >= 0.3 is 0 Å². The maximum absolute atomic E-state index is 5.57. The number of nitrogens with two attached hydrogens (primary N) is 2. The van der Waals surface area contributed by atoms with Crippen LogP contribution in [0.5, 0.6) is 0 Å². The molecule has 0 spiro atoms. The fraction of sp³-hybridized carbons (Fsp3) is 0. The Kier molecular flexibility index (Phi) is 2.06. The lowest BCUT2D eigenvalue weighted by Crippen LogP contribution is -2.30. The molecule has 0 aliphatic carbocycles. The first-order valence-electron chi connectivity index (χ1n) is 2.84. The Balaban J connectivity index is 3.21. The Morgan fingerprint density at radius 1 is 1.50 bits per heavy atom. The van der Waals surface area contributed by atoms with Gasteiger partial charge in [0.25, 0.3) is 0 Å². The van der Waals surface area contributed by atoms with Gasteiger partial charge in [0.1, 0.15) is 0 Å². The van der Waals surface area contributed by atoms with Crippen molar-refractivity contribution >= 4 is 27.8 Å². The maximum atomic E-state index is 5.57. The zero-order chi connectivity index (χ0) is 7.56. The smallest absolute Gasteiger partial charge is 0.169 e. The van der Waals surface area contributed by atoms with Gasteiger partial charge in [-0.05, 0) is 18.2 Å². The summed E-state index contributed by atoms with van der Waals surface area (Å²) in [5.74, 6) is 0. The van der Waals surface area contributed by atoms with Crippen LogP contribution in [0.4, 0.5) is 5.69 Å². The van der Waals surface area contributed by atoms with E-state index in [0.717, 1.165) is 10.0 Å². The molecule has 1 aromatic rings. The quantitative estimate of drug-likeness (QED) is 0.494. The third-order valence-electron chi connectivity index (χ3n) is 1.23. The highest BCUT2D eigenvalue weighted by atomic mass is 79.9. The van der Waals surface area contributed by atoms with Crippen molar-refractivity contribution in [3.8, 4) is 0 Å². The molecule has 0 saturated carbocycles. The van der Waals surface area contributed by atoms with E-state index in [4.69, 9.17) is 11.1 Å². The summed E-state index contributed by atoms with van der Waals surface area (Å²) in [5.41, 5.74) is 7.12. The second-order valence-electron chi connectivity index (χ2n) is 1.94. The van der Waals surface area contributed by atoms with Gasteiger partial charge in [0, 0.05) is 10.2 Å². The van der Waals surface area contributed by atoms with Crippen LogP contribution in [0.1, 0.15) is 5.56 Å². The average molecular weight is 200 g/mol. The van der Waals surface area contributed by atoms with Gasteiger partial charge in [-0.3, -0.25) is 5.41 Å². The van der Waals surface area contributed by atoms with E-state index in [1.165, 1.54) is 6.21 Å². The Morgan fingerprint density at radius 2 is 2.20 bits per heavy atom. The second-order valence-corrected chi connectivity index (χ2v) is 2.86. The van der Waals surface area contributed by atoms with Crippen LogP contribution >= 0.6 is 15.9 Å². The van der Waals surface area contributed by atoms with Crippen molar-refractivity contribution in [3.05, 3.63) is 28.2 Å². The van der Waals surface area contributed by atoms with Gasteiger partial charge in [0.05, 0.1) is 5.56 Å². The van der Waals surface area contributed by atoms with Crippen molar-refractivity contribution in [1.82, 2.24) is 0 Å². The van der Waals surface area contributed by atoms with Crippen molar-refractivity contribution in [3.63, 3.8) is 0 Å². The van der Waals surface area contributed by atoms with Crippen LogP contribution in [0.2, 0.25) is 0 Å². The number of nitrogen functional groups attached to an aromatic ring is 1. The molecule has 1 aromatic carbocycles. The standard InChI is InChI=1S/C7H7BrN2/c8-6-1-2-7(10)5(3-6)4-9/h1-4,9H,10H2/p+1. The van der Waals surface area contributed by atoms with Crippen LogP contribution in [-0.4, -0.2) is 6.21 Å². The van der Waals surface area contributed by atoms with Gasteiger partial charge in [-0.1, -0.05) is 15.9 Å². The Labute approximate surface area is 67.7 Å². The van der Waals surface area contributed by atoms with Crippen LogP contribution in [0.15, 0.2) is 22.7 Å². The van der Waals surface area contributed by atoms with Crippen LogP contribution in [0.25, 0.3) is 0 Å². The molecule has 0 aliphatic heterocycles. The molecule has 52 valence electrons. The predicted octanol–water partition coefficient (Wildman–Crippen LogP) is 0.209. The van der Waals surface area contributed by atoms with Crippen LogP contribution in [-0.2, 0) is 0 Å². The summed E-state index contributed by atoms with van der Waals surface area (Å²) >= 11 is 3.31. The molecule has 0 bridgehead atoms. The highest BCUT2D eigenvalue weighted by Gasteiger charge is 1.96. The first-order valence-corrected chi connectivity index (χ1v) is 3.63. The molecular formula is C7H8BrN2+. The molecule has 2 nitrogen and oxygen atoms in total. The number of benzene rings is 1. The fourth-order valence-corrected chi connectivity index (χ4v) is 1.07. The van der Waals surface area contributed by atoms with Crippen LogP contribution < -0.4 is 11.1 Å². The third kappa shape index (κ3) is 1.36. The number of hydrogen-bond acceptors (Lipinski definition) is 1. The molecule has 0 fully saturated rings. The Hall–Kier alpha value is -0.830. The zero-order valence-corrected chi connectivity index (χ0v) is 6.93. The topological polar surface area (TPSA) is 51.6 Å². The van der Waals surface area contributed by atoms with Gasteiger partial charge in [0.15, 0.2) is 6.21 Å². The summed E-state index contributed by atoms with van der Waals surface area (Å²) in [6.45, 7) is 0. The first-order chi connectivity index (χ1) is 4.74. The molecule has 0 unspecified atom stereocenters. The molecule has 0 aromatic heterocycles. The van der Waals surface area contributed by atoms with Gasteiger partial charge < -0.3 is 5.73 Å². The van der Waals surface area contributed by atoms with Gasteiger partial charge in [0.2, 0.25) is 0 Å². The van der Waals surface area contributed by atoms with Gasteiger partial charge in [-0.15, -0.1) is 0 Å². The normalized spacial score (nSPS) is 9.30. The van der Waals surface area contributed by atoms with E-state index in [9.17, 15) is 0 Å². The van der Waals surface area contributed by atoms with Crippen molar-refractivity contribution in [2.75, 3.05) is 5.73 Å². The first kappa shape index (κ1) is 7.28. The molecule has 3 heteroatoms. The minimum Gasteiger partial charge on any atom is -0.398 e. The lowest BCUT2D eigenvalue weighted by atomic mass is 10.2. The monoisotopic (exact) mass is 199 g/mol. The summed E-state index contributed by atoms with van der Waals surface area (Å²) < 4.78 is 0.985. The third-order valence-corrected chi connectivity index (χ3v) is 1.72. The van der Waals surface area contributed by atoms with Crippen molar-refractivity contribution in [2.45, 2.75) is 0 Å². The number of anilines is 1. The second kappa shape index (κ2) is 2.84. The molecule has 0 aliphatic rings. The predicted molar refractivity (Wildman–Crippen MR) is 45.6 cm³/mol. The van der Waals surface area contributed by atoms with E-state index in [1.807, 2.05) is 18.2 Å². The largest absolute Gasteiger partial charge is 0.398 e. The van der Waals surface area contributed by atoms with E-state index >= 15 is 0 Å². The lowest BCUT2D eigenvalue weighted by molar-refractivity contribution is -0.104. The average Bonchev–Trinajstić information content (AvgIpc) is 1.94. The molecular weight excluding hydrogens is 192 g/mol. The van der Waals surface area contributed by atoms with Crippen LogP contribution in [0.3, 0.4) is 0 Å². The number of halogens is 1. The van der Waals surface area contributed by atoms with Crippen molar-refractivity contribution in [1.29, 1.82) is 0 Å². The molecule has 4 N–H and O–H groups in total. The van der Waals surface area contributed by atoms with Gasteiger partial charge in [-0.25, -0.2) is 0 Å². The summed E-state index contributed by atoms with van der Waals surface area (Å²) in [6, 6.07) is 5.56. The summed E-state index contributed by atoms with van der Waals surface area (Å²) in [7, 11) is 0. The van der Waals surface area contributed by atoms with Crippen molar-refractivity contribution < 1.29 is 5.41 Å². The highest BCUT2D eigenvalue weighted by Crippen LogP contribution is 2.15. The van der Waals surface area contributed by atoms with E-state index in [0.29, 0.717) is 5.69 Å². The number of rotatable bonds is 1. The number of hydrogen-bond donors (Lipinski definition) is 2. The van der Waals surface area contributed by atoms with Crippen molar-refractivity contribution in [2.24, 2.45) is 0 Å². The van der Waals surface area contributed by atoms with E-state index in [2.05, 4.69) is 15.9 Å². The lowest BCUT2D eigenvalue weighted by Gasteiger charge is -1.95. The minimum atomic E-state index is 0.700. The summed E-state index contributed by atoms with van der Waals surface area (Å²) in [6.07, 6.45) is 1.49. The van der Waals surface area contributed by atoms with E-state index in [-0.39, 0.29) is 0 Å². The van der Waals surface area contributed by atoms with E-state index in [1.54, 1.807) is 0 Å². The molecule has 0 radical (unpaired) electrons. The maximum Gasteiger partial charge on any atom is 0.169 e. The van der Waals surface area contributed by atoms with Gasteiger partial charge in [-0.2, -0.15) is 0 Å². The molecule has 10 heavy (non-hydrogen) atoms. The Bertz CT molecular complexity index is 258. The molecule has 0 amide bonds. The zero-order valence-electron chi connectivity index (χ0n) is 5.34. The fourth-order valence-electron chi connectivity index (χ4n) is 0.690. The SMILES string of the molecule is Nc1ccc(Br)cc1C=[NH2+]. The summed E-state index contributed by atoms with van der Waals surface area (Å²) in [5, 5.41) is 5.29. The molecule has 0 saturated heterocycles. The minimum absolute atomic E-state index is 0.700. The molecule has 1 rings (SSSR count).